The number of hydrogen-bond donors (Lipinski definition) is 0. The van der Waals surface area contributed by atoms with E-state index in [9.17, 15) is 4.79 Å². The number of anilines is 1. The molecule has 0 fully saturated rings. The lowest BCUT2D eigenvalue weighted by atomic mass is 10.2. The van der Waals surface area contributed by atoms with Crippen molar-refractivity contribution in [2.24, 2.45) is 0 Å². The molecule has 6 nitrogen and oxygen atoms in total. The first-order valence-corrected chi connectivity index (χ1v) is 8.53. The minimum absolute atomic E-state index is 0.214. The number of carbonyl (C=O) groups excluding carboxylic acids is 1. The van der Waals surface area contributed by atoms with Crippen LogP contribution in [-0.4, -0.2) is 48.1 Å². The van der Waals surface area contributed by atoms with Crippen molar-refractivity contribution in [1.82, 2.24) is 15.0 Å². The minimum atomic E-state index is -0.214. The summed E-state index contributed by atoms with van der Waals surface area (Å²) in [5.74, 6) is 0.0244. The van der Waals surface area contributed by atoms with E-state index < -0.39 is 0 Å². The molecule has 1 aromatic carbocycles. The maximum atomic E-state index is 12.9. The summed E-state index contributed by atoms with van der Waals surface area (Å²) in [6, 6.07) is 7.71. The van der Waals surface area contributed by atoms with Crippen molar-refractivity contribution < 1.29 is 9.32 Å². The fourth-order valence-electron chi connectivity index (χ4n) is 2.37. The van der Waals surface area contributed by atoms with Gasteiger partial charge in [-0.3, -0.25) is 9.69 Å². The van der Waals surface area contributed by atoms with Crippen LogP contribution in [0, 0.1) is 13.8 Å². The van der Waals surface area contributed by atoms with Gasteiger partial charge in [0.1, 0.15) is 0 Å². The van der Waals surface area contributed by atoms with Crippen molar-refractivity contribution >= 4 is 32.6 Å². The summed E-state index contributed by atoms with van der Waals surface area (Å²) in [4.78, 5) is 21.3. The van der Waals surface area contributed by atoms with Gasteiger partial charge in [-0.15, -0.1) is 0 Å². The van der Waals surface area contributed by atoms with Crippen molar-refractivity contribution in [2.75, 3.05) is 32.1 Å². The summed E-state index contributed by atoms with van der Waals surface area (Å²) in [5.41, 5.74) is 2.73. The monoisotopic (exact) mass is 344 g/mol. The second kappa shape index (κ2) is 6.70. The molecule has 0 bridgehead atoms. The number of fused-ring (bicyclic) bond motifs is 1. The van der Waals surface area contributed by atoms with Crippen LogP contribution in [0.25, 0.3) is 10.2 Å². The number of benzene rings is 1. The highest BCUT2D eigenvalue weighted by Crippen LogP contribution is 2.31. The van der Waals surface area contributed by atoms with E-state index in [1.807, 2.05) is 44.1 Å². The zero-order chi connectivity index (χ0) is 17.3. The maximum absolute atomic E-state index is 12.9. The SMILES string of the molecule is Cc1cc(C(=O)N(CCN(C)C)c2nc3c(C)cccc3s2)on1. The highest BCUT2D eigenvalue weighted by molar-refractivity contribution is 7.22. The molecular formula is C17H20N4O2S. The van der Waals surface area contributed by atoms with Gasteiger partial charge in [-0.25, -0.2) is 4.98 Å². The van der Waals surface area contributed by atoms with E-state index >= 15 is 0 Å². The molecule has 0 radical (unpaired) electrons. The predicted octanol–water partition coefficient (Wildman–Crippen LogP) is 3.11. The van der Waals surface area contributed by atoms with Crippen LogP contribution in [0.4, 0.5) is 5.13 Å². The van der Waals surface area contributed by atoms with Crippen molar-refractivity contribution in [3.63, 3.8) is 0 Å². The van der Waals surface area contributed by atoms with Crippen molar-refractivity contribution in [2.45, 2.75) is 13.8 Å². The first kappa shape index (κ1) is 16.6. The number of aryl methyl sites for hydroxylation is 2. The molecule has 3 aromatic rings. The van der Waals surface area contributed by atoms with Crippen molar-refractivity contribution in [3.8, 4) is 0 Å². The average molecular weight is 344 g/mol. The van der Waals surface area contributed by atoms with Gasteiger partial charge in [-0.05, 0) is 39.6 Å². The molecule has 0 aliphatic heterocycles. The number of likely N-dealkylation sites (N-methyl/N-ethyl adjacent to an activating group) is 1. The Morgan fingerprint density at radius 2 is 2.04 bits per heavy atom. The van der Waals surface area contributed by atoms with Gasteiger partial charge in [0.05, 0.1) is 15.9 Å². The van der Waals surface area contributed by atoms with E-state index in [1.165, 1.54) is 11.3 Å². The molecule has 0 saturated carbocycles. The fourth-order valence-corrected chi connectivity index (χ4v) is 3.44. The Kier molecular flexibility index (Phi) is 4.64. The Labute approximate surface area is 144 Å². The standard InChI is InChI=1S/C17H20N4O2S/c1-11-6-5-7-14-15(11)18-17(24-14)21(9-8-20(3)4)16(22)13-10-12(2)19-23-13/h5-7,10H,8-9H2,1-4H3. The van der Waals surface area contributed by atoms with E-state index in [-0.39, 0.29) is 11.7 Å². The summed E-state index contributed by atoms with van der Waals surface area (Å²) in [6.07, 6.45) is 0. The molecule has 0 atom stereocenters. The van der Waals surface area contributed by atoms with Crippen LogP contribution in [0.15, 0.2) is 28.8 Å². The molecule has 0 aliphatic carbocycles. The van der Waals surface area contributed by atoms with Crippen LogP contribution in [0.2, 0.25) is 0 Å². The third kappa shape index (κ3) is 3.32. The van der Waals surface area contributed by atoms with Crippen molar-refractivity contribution in [1.29, 1.82) is 0 Å². The van der Waals surface area contributed by atoms with Crippen LogP contribution in [-0.2, 0) is 0 Å². The molecule has 2 heterocycles. The number of aromatic nitrogens is 2. The molecule has 0 N–H and O–H groups in total. The van der Waals surface area contributed by atoms with Crippen molar-refractivity contribution in [3.05, 3.63) is 41.3 Å². The third-order valence-corrected chi connectivity index (χ3v) is 4.74. The zero-order valence-corrected chi connectivity index (χ0v) is 15.1. The quantitative estimate of drug-likeness (QED) is 0.712. The van der Waals surface area contributed by atoms with Gasteiger partial charge in [-0.1, -0.05) is 28.6 Å². The Balaban J connectivity index is 1.99. The molecule has 1 amide bonds. The molecule has 0 unspecified atom stereocenters. The largest absolute Gasteiger partial charge is 0.351 e. The third-order valence-electron chi connectivity index (χ3n) is 3.70. The number of thiazole rings is 1. The van der Waals surface area contributed by atoms with Gasteiger partial charge in [0.2, 0.25) is 5.76 Å². The number of para-hydroxylation sites is 1. The Bertz CT molecular complexity index is 868. The lowest BCUT2D eigenvalue weighted by Gasteiger charge is -2.20. The number of carbonyl (C=O) groups is 1. The van der Waals surface area contributed by atoms with E-state index in [4.69, 9.17) is 4.52 Å². The summed E-state index contributed by atoms with van der Waals surface area (Å²) in [6.45, 7) is 5.08. The minimum Gasteiger partial charge on any atom is -0.351 e. The van der Waals surface area contributed by atoms with E-state index in [0.717, 1.165) is 22.3 Å². The Morgan fingerprint density at radius 3 is 2.67 bits per heavy atom. The second-order valence-corrected chi connectivity index (χ2v) is 7.02. The van der Waals surface area contributed by atoms with E-state index in [0.29, 0.717) is 17.4 Å². The van der Waals surface area contributed by atoms with Crippen LogP contribution in [0.5, 0.6) is 0 Å². The lowest BCUT2D eigenvalue weighted by Crippen LogP contribution is -2.36. The molecule has 3 rings (SSSR count). The lowest BCUT2D eigenvalue weighted by molar-refractivity contribution is 0.0949. The highest BCUT2D eigenvalue weighted by Gasteiger charge is 2.24. The predicted molar refractivity (Wildman–Crippen MR) is 95.8 cm³/mol. The Morgan fingerprint density at radius 1 is 1.25 bits per heavy atom. The summed E-state index contributed by atoms with van der Waals surface area (Å²) in [5, 5.41) is 4.50. The summed E-state index contributed by atoms with van der Waals surface area (Å²) >= 11 is 1.51. The number of hydrogen-bond acceptors (Lipinski definition) is 6. The zero-order valence-electron chi connectivity index (χ0n) is 14.2. The highest BCUT2D eigenvalue weighted by atomic mass is 32.1. The molecule has 126 valence electrons. The molecule has 2 aromatic heterocycles. The molecular weight excluding hydrogens is 324 g/mol. The van der Waals surface area contributed by atoms with Crippen LogP contribution >= 0.6 is 11.3 Å². The molecule has 0 aliphatic rings. The smallest absolute Gasteiger partial charge is 0.298 e. The number of nitrogens with zero attached hydrogens (tertiary/aromatic N) is 4. The van der Waals surface area contributed by atoms with Gasteiger partial charge in [0, 0.05) is 19.2 Å². The molecule has 24 heavy (non-hydrogen) atoms. The number of rotatable bonds is 5. The van der Waals surface area contributed by atoms with Crippen LogP contribution in [0.1, 0.15) is 21.8 Å². The fraction of sp³-hybridized carbons (Fsp3) is 0.353. The second-order valence-electron chi connectivity index (χ2n) is 6.01. The molecule has 0 saturated heterocycles. The summed E-state index contributed by atoms with van der Waals surface area (Å²) < 4.78 is 6.23. The molecule has 7 heteroatoms. The van der Waals surface area contributed by atoms with Gasteiger partial charge < -0.3 is 9.42 Å². The first-order chi connectivity index (χ1) is 11.5. The van der Waals surface area contributed by atoms with Gasteiger partial charge in [0.25, 0.3) is 5.91 Å². The van der Waals surface area contributed by atoms with Gasteiger partial charge >= 0.3 is 0 Å². The van der Waals surface area contributed by atoms with E-state index in [2.05, 4.69) is 10.1 Å². The maximum Gasteiger partial charge on any atom is 0.298 e. The topological polar surface area (TPSA) is 62.5 Å². The van der Waals surface area contributed by atoms with Gasteiger partial charge in [0.15, 0.2) is 5.13 Å². The Hall–Kier alpha value is -2.25. The van der Waals surface area contributed by atoms with Crippen LogP contribution < -0.4 is 4.90 Å². The average Bonchev–Trinajstić information content (AvgIpc) is 3.14. The molecule has 0 spiro atoms. The first-order valence-electron chi connectivity index (χ1n) is 7.72. The van der Waals surface area contributed by atoms with Crippen LogP contribution in [0.3, 0.4) is 0 Å². The summed E-state index contributed by atoms with van der Waals surface area (Å²) in [7, 11) is 3.95. The van der Waals surface area contributed by atoms with E-state index in [1.54, 1.807) is 17.9 Å². The van der Waals surface area contributed by atoms with Gasteiger partial charge in [-0.2, -0.15) is 0 Å². The normalized spacial score (nSPS) is 11.4. The number of amides is 1.